The quantitative estimate of drug-likeness (QED) is 0.672. The van der Waals surface area contributed by atoms with Gasteiger partial charge in [-0.15, -0.1) is 11.8 Å². The molecule has 1 amide bonds. The molecule has 29 heavy (non-hydrogen) atoms. The number of carbonyl (C=O) groups is 1. The Morgan fingerprint density at radius 2 is 1.93 bits per heavy atom. The lowest BCUT2D eigenvalue weighted by atomic mass is 9.94. The molecule has 3 heterocycles. The smallest absolute Gasteiger partial charge is 0.271 e. The van der Waals surface area contributed by atoms with Gasteiger partial charge in [-0.2, -0.15) is 0 Å². The van der Waals surface area contributed by atoms with E-state index in [2.05, 4.69) is 17.4 Å². The predicted molar refractivity (Wildman–Crippen MR) is 110 cm³/mol. The number of benzene rings is 2. The summed E-state index contributed by atoms with van der Waals surface area (Å²) in [6, 6.07) is 14.2. The molecule has 2 aliphatic rings. The summed E-state index contributed by atoms with van der Waals surface area (Å²) in [4.78, 5) is 25.6. The van der Waals surface area contributed by atoms with Crippen LogP contribution < -0.4 is 15.8 Å². The van der Waals surface area contributed by atoms with Crippen molar-refractivity contribution in [2.24, 2.45) is 0 Å². The second-order valence-corrected chi connectivity index (χ2v) is 8.19. The summed E-state index contributed by atoms with van der Waals surface area (Å²) >= 11 is 1.61. The third-order valence-electron chi connectivity index (χ3n) is 5.52. The van der Waals surface area contributed by atoms with Crippen molar-refractivity contribution in [2.45, 2.75) is 23.6 Å². The monoisotopic (exact) mass is 407 g/mol. The van der Waals surface area contributed by atoms with Crippen LogP contribution in [0.15, 0.2) is 64.4 Å². The van der Waals surface area contributed by atoms with E-state index in [9.17, 15) is 14.0 Å². The molecule has 146 valence electrons. The summed E-state index contributed by atoms with van der Waals surface area (Å²) in [5.74, 6) is 0.194. The Kier molecular flexibility index (Phi) is 4.20. The van der Waals surface area contributed by atoms with Crippen LogP contribution in [0.4, 0.5) is 4.39 Å². The number of hydrogen-bond donors (Lipinski definition) is 1. The van der Waals surface area contributed by atoms with E-state index in [-0.39, 0.29) is 29.9 Å². The summed E-state index contributed by atoms with van der Waals surface area (Å²) in [7, 11) is 0. The maximum atomic E-state index is 14.0. The Morgan fingerprint density at radius 3 is 2.79 bits per heavy atom. The lowest BCUT2D eigenvalue weighted by molar-refractivity contribution is 0.0919. The van der Waals surface area contributed by atoms with E-state index in [0.717, 1.165) is 27.3 Å². The van der Waals surface area contributed by atoms with Crippen LogP contribution in [0.2, 0.25) is 0 Å². The maximum Gasteiger partial charge on any atom is 0.271 e. The Hall–Kier alpha value is -3.06. The average molecular weight is 407 g/mol. The highest BCUT2D eigenvalue weighted by Crippen LogP contribution is 2.42. The number of carbonyl (C=O) groups excluding carboxylic acids is 1. The van der Waals surface area contributed by atoms with Gasteiger partial charge in [0.05, 0.1) is 6.04 Å². The molecule has 0 radical (unpaired) electrons. The van der Waals surface area contributed by atoms with Crippen LogP contribution in [0.25, 0.3) is 0 Å². The van der Waals surface area contributed by atoms with E-state index in [1.807, 2.05) is 23.2 Å². The van der Waals surface area contributed by atoms with Crippen LogP contribution in [0.3, 0.4) is 0 Å². The minimum absolute atomic E-state index is 0.174. The van der Waals surface area contributed by atoms with E-state index in [4.69, 9.17) is 0 Å². The summed E-state index contributed by atoms with van der Waals surface area (Å²) in [5.41, 5.74) is 3.80. The second-order valence-electron chi connectivity index (χ2n) is 7.17. The van der Waals surface area contributed by atoms with Crippen LogP contribution in [0, 0.1) is 12.7 Å². The topological polar surface area (TPSA) is 54.3 Å². The van der Waals surface area contributed by atoms with Gasteiger partial charge in [-0.25, -0.2) is 4.39 Å². The van der Waals surface area contributed by atoms with Crippen molar-refractivity contribution < 1.29 is 9.18 Å². The van der Waals surface area contributed by atoms with Crippen molar-refractivity contribution in [2.75, 3.05) is 11.7 Å². The highest BCUT2D eigenvalue weighted by atomic mass is 32.2. The standard InChI is InChI=1S/C22H18FN3O2S/c1-13-18(27)8-9-25-20(13)22(28)24-12-26(25)21-16-5-3-2-4-14(16)11-29-19-10-15(23)6-7-17(19)21/h2-10,21H,11-12H2,1H3,(H,24,28). The molecule has 0 fully saturated rings. The first-order chi connectivity index (χ1) is 14.0. The summed E-state index contributed by atoms with van der Waals surface area (Å²) < 4.78 is 15.8. The largest absolute Gasteiger partial charge is 0.332 e. The van der Waals surface area contributed by atoms with Gasteiger partial charge in [0.2, 0.25) is 0 Å². The number of nitrogens with one attached hydrogen (secondary N) is 1. The zero-order valence-corrected chi connectivity index (χ0v) is 16.5. The third-order valence-corrected chi connectivity index (χ3v) is 6.64. The van der Waals surface area contributed by atoms with E-state index in [1.54, 1.807) is 35.6 Å². The van der Waals surface area contributed by atoms with Gasteiger partial charge < -0.3 is 5.32 Å². The minimum atomic E-state index is -0.271. The van der Waals surface area contributed by atoms with Crippen molar-refractivity contribution >= 4 is 17.7 Å². The molecule has 5 rings (SSSR count). The highest BCUT2D eigenvalue weighted by molar-refractivity contribution is 7.98. The van der Waals surface area contributed by atoms with E-state index >= 15 is 0 Å². The Bertz CT molecular complexity index is 1210. The Balaban J connectivity index is 1.77. The molecule has 0 spiro atoms. The van der Waals surface area contributed by atoms with Crippen LogP contribution in [0.1, 0.15) is 38.8 Å². The number of halogens is 1. The normalized spacial score (nSPS) is 17.7. The third kappa shape index (κ3) is 2.84. The van der Waals surface area contributed by atoms with Crippen molar-refractivity contribution in [1.29, 1.82) is 0 Å². The lowest BCUT2D eigenvalue weighted by Gasteiger charge is -2.40. The van der Waals surface area contributed by atoms with Gasteiger partial charge in [-0.3, -0.25) is 19.3 Å². The number of nitrogens with zero attached hydrogens (tertiary/aromatic N) is 2. The Labute approximate surface area is 171 Å². The maximum absolute atomic E-state index is 14.0. The van der Waals surface area contributed by atoms with Crippen LogP contribution in [0.5, 0.6) is 0 Å². The van der Waals surface area contributed by atoms with Gasteiger partial charge in [-0.05, 0) is 35.7 Å². The Morgan fingerprint density at radius 1 is 1.10 bits per heavy atom. The SMILES string of the molecule is Cc1c2n(ccc1=O)N(C1c3ccccc3CSc3cc(F)ccc31)CNC2=O. The minimum Gasteiger partial charge on any atom is -0.332 e. The number of thioether (sulfide) groups is 1. The number of fused-ring (bicyclic) bond motifs is 3. The predicted octanol–water partition coefficient (Wildman–Crippen LogP) is 3.33. The molecule has 0 saturated heterocycles. The van der Waals surface area contributed by atoms with Gasteiger partial charge >= 0.3 is 0 Å². The number of hydrogen-bond acceptors (Lipinski definition) is 4. The molecular formula is C22H18FN3O2S. The summed E-state index contributed by atoms with van der Waals surface area (Å²) in [5, 5.41) is 4.91. The van der Waals surface area contributed by atoms with Gasteiger partial charge in [0, 0.05) is 28.5 Å². The molecule has 1 unspecified atom stereocenters. The number of aromatic nitrogens is 1. The van der Waals surface area contributed by atoms with Crippen molar-refractivity contribution in [1.82, 2.24) is 9.99 Å². The van der Waals surface area contributed by atoms with Crippen LogP contribution >= 0.6 is 11.8 Å². The molecule has 2 aromatic carbocycles. The first kappa shape index (κ1) is 18.0. The molecular weight excluding hydrogens is 389 g/mol. The molecule has 3 aromatic rings. The molecule has 5 nitrogen and oxygen atoms in total. The van der Waals surface area contributed by atoms with Crippen molar-refractivity contribution in [3.8, 4) is 0 Å². The zero-order valence-electron chi connectivity index (χ0n) is 15.7. The summed E-state index contributed by atoms with van der Waals surface area (Å²) in [6.07, 6.45) is 1.65. The second kappa shape index (κ2) is 6.77. The highest BCUT2D eigenvalue weighted by Gasteiger charge is 2.34. The molecule has 7 heteroatoms. The average Bonchev–Trinajstić information content (AvgIpc) is 2.88. The van der Waals surface area contributed by atoms with Crippen LogP contribution in [-0.4, -0.2) is 17.3 Å². The first-order valence-corrected chi connectivity index (χ1v) is 10.3. The van der Waals surface area contributed by atoms with Crippen molar-refractivity contribution in [3.63, 3.8) is 0 Å². The molecule has 1 aromatic heterocycles. The molecule has 0 bridgehead atoms. The number of amides is 1. The molecule has 1 atom stereocenters. The fourth-order valence-electron chi connectivity index (χ4n) is 4.08. The number of rotatable bonds is 1. The van der Waals surface area contributed by atoms with E-state index < -0.39 is 0 Å². The van der Waals surface area contributed by atoms with Crippen LogP contribution in [-0.2, 0) is 5.75 Å². The molecule has 1 N–H and O–H groups in total. The summed E-state index contributed by atoms with van der Waals surface area (Å²) in [6.45, 7) is 1.94. The van der Waals surface area contributed by atoms with Crippen molar-refractivity contribution in [3.05, 3.63) is 98.7 Å². The van der Waals surface area contributed by atoms with Gasteiger partial charge in [0.1, 0.15) is 18.2 Å². The number of pyridine rings is 1. The van der Waals surface area contributed by atoms with Gasteiger partial charge in [-0.1, -0.05) is 30.3 Å². The lowest BCUT2D eigenvalue weighted by Crippen LogP contribution is -2.54. The fourth-order valence-corrected chi connectivity index (χ4v) is 5.19. The molecule has 2 aliphatic heterocycles. The molecule has 0 aliphatic carbocycles. The zero-order chi connectivity index (χ0) is 20.1. The van der Waals surface area contributed by atoms with Gasteiger partial charge in [0.25, 0.3) is 5.91 Å². The van der Waals surface area contributed by atoms with Gasteiger partial charge in [0.15, 0.2) is 5.43 Å². The van der Waals surface area contributed by atoms with E-state index in [1.165, 1.54) is 12.1 Å². The molecule has 0 saturated carbocycles. The van der Waals surface area contributed by atoms with E-state index in [0.29, 0.717) is 11.3 Å². The first-order valence-electron chi connectivity index (χ1n) is 9.32. The fraction of sp³-hybridized carbons (Fsp3) is 0.182.